The first-order valence-electron chi connectivity index (χ1n) is 6.07. The Morgan fingerprint density at radius 1 is 1.47 bits per heavy atom. The molecule has 1 aliphatic heterocycles. The van der Waals surface area contributed by atoms with E-state index in [2.05, 4.69) is 4.98 Å². The molecule has 0 N–H and O–H groups in total. The smallest absolute Gasteiger partial charge is 0.266 e. The lowest BCUT2D eigenvalue weighted by molar-refractivity contribution is 0.0257. The molecule has 0 aliphatic carbocycles. The van der Waals surface area contributed by atoms with Gasteiger partial charge in [0.25, 0.3) is 5.92 Å². The van der Waals surface area contributed by atoms with E-state index in [0.29, 0.717) is 23.6 Å². The first-order chi connectivity index (χ1) is 8.96. The van der Waals surface area contributed by atoms with E-state index < -0.39 is 5.92 Å². The molecule has 0 amide bonds. The number of fused-ring (bicyclic) bond motifs is 1. The molecular weight excluding hydrogens is 252 g/mol. The van der Waals surface area contributed by atoms with E-state index in [1.807, 2.05) is 0 Å². The van der Waals surface area contributed by atoms with Crippen LogP contribution in [-0.2, 0) is 0 Å². The van der Waals surface area contributed by atoms with Gasteiger partial charge in [-0.15, -0.1) is 0 Å². The number of ketones is 1. The molecule has 0 bridgehead atoms. The third kappa shape index (κ3) is 2.07. The van der Waals surface area contributed by atoms with Gasteiger partial charge in [-0.3, -0.25) is 9.20 Å². The molecule has 4 nitrogen and oxygen atoms in total. The lowest BCUT2D eigenvalue weighted by Gasteiger charge is -2.18. The number of aromatic nitrogens is 2. The highest BCUT2D eigenvalue weighted by Crippen LogP contribution is 2.31. The molecule has 0 atom stereocenters. The van der Waals surface area contributed by atoms with Gasteiger partial charge in [-0.25, -0.2) is 13.8 Å². The maximum absolute atomic E-state index is 13.2. The molecule has 100 valence electrons. The van der Waals surface area contributed by atoms with Crippen molar-refractivity contribution >= 4 is 17.1 Å². The Morgan fingerprint density at radius 3 is 2.89 bits per heavy atom. The predicted octanol–water partition coefficient (Wildman–Crippen LogP) is 2.38. The number of alkyl halides is 2. The Hall–Kier alpha value is -1.98. The lowest BCUT2D eigenvalue weighted by atomic mass is 10.3. The van der Waals surface area contributed by atoms with Gasteiger partial charge in [0, 0.05) is 37.8 Å². The van der Waals surface area contributed by atoms with E-state index in [4.69, 9.17) is 0 Å². The van der Waals surface area contributed by atoms with Gasteiger partial charge >= 0.3 is 0 Å². The summed E-state index contributed by atoms with van der Waals surface area (Å²) in [6.07, 6.45) is 3.08. The minimum absolute atomic E-state index is 0.0760. The summed E-state index contributed by atoms with van der Waals surface area (Å²) in [5.74, 6) is -2.69. The van der Waals surface area contributed by atoms with Gasteiger partial charge in [0.05, 0.1) is 12.7 Å². The third-order valence-electron chi connectivity index (χ3n) is 3.39. The minimum atomic E-state index is -2.62. The molecule has 2 aromatic heterocycles. The van der Waals surface area contributed by atoms with Crippen molar-refractivity contribution in [2.45, 2.75) is 19.3 Å². The third-order valence-corrected chi connectivity index (χ3v) is 3.39. The van der Waals surface area contributed by atoms with Crippen LogP contribution in [0.2, 0.25) is 0 Å². The second-order valence-corrected chi connectivity index (χ2v) is 4.84. The van der Waals surface area contributed by atoms with Crippen LogP contribution in [0.25, 0.3) is 5.65 Å². The molecule has 0 aromatic carbocycles. The van der Waals surface area contributed by atoms with Gasteiger partial charge < -0.3 is 4.90 Å². The van der Waals surface area contributed by atoms with Crippen LogP contribution < -0.4 is 4.90 Å². The maximum atomic E-state index is 13.2. The fraction of sp³-hybridized carbons (Fsp3) is 0.385. The topological polar surface area (TPSA) is 37.6 Å². The summed E-state index contributed by atoms with van der Waals surface area (Å²) in [5, 5.41) is 0. The van der Waals surface area contributed by atoms with Crippen LogP contribution in [0, 0.1) is 0 Å². The summed E-state index contributed by atoms with van der Waals surface area (Å²) in [7, 11) is 0. The summed E-state index contributed by atoms with van der Waals surface area (Å²) in [4.78, 5) is 17.2. The fourth-order valence-electron chi connectivity index (χ4n) is 2.38. The molecule has 19 heavy (non-hydrogen) atoms. The summed E-state index contributed by atoms with van der Waals surface area (Å²) >= 11 is 0. The maximum Gasteiger partial charge on any atom is 0.266 e. The highest BCUT2D eigenvalue weighted by molar-refractivity contribution is 5.93. The molecule has 0 radical (unpaired) electrons. The van der Waals surface area contributed by atoms with Gasteiger partial charge in [-0.2, -0.15) is 0 Å². The Balaban J connectivity index is 1.97. The van der Waals surface area contributed by atoms with Crippen molar-refractivity contribution in [2.24, 2.45) is 0 Å². The van der Waals surface area contributed by atoms with Crippen molar-refractivity contribution in [1.29, 1.82) is 0 Å². The molecule has 1 fully saturated rings. The highest BCUT2D eigenvalue weighted by atomic mass is 19.3. The zero-order valence-electron chi connectivity index (χ0n) is 10.4. The van der Waals surface area contributed by atoms with Crippen LogP contribution in [-0.4, -0.2) is 34.2 Å². The van der Waals surface area contributed by atoms with Crippen LogP contribution in [0.4, 0.5) is 14.5 Å². The number of anilines is 1. The number of hydrogen-bond donors (Lipinski definition) is 0. The second-order valence-electron chi connectivity index (χ2n) is 4.84. The quantitative estimate of drug-likeness (QED) is 0.782. The van der Waals surface area contributed by atoms with E-state index in [-0.39, 0.29) is 18.7 Å². The van der Waals surface area contributed by atoms with Crippen LogP contribution in [0.15, 0.2) is 24.5 Å². The van der Waals surface area contributed by atoms with Gasteiger partial charge in [0.2, 0.25) is 0 Å². The van der Waals surface area contributed by atoms with Gasteiger partial charge in [0.15, 0.2) is 5.78 Å². The molecule has 1 saturated heterocycles. The van der Waals surface area contributed by atoms with E-state index in [1.165, 1.54) is 13.1 Å². The van der Waals surface area contributed by atoms with Crippen LogP contribution in [0.1, 0.15) is 23.8 Å². The Bertz CT molecular complexity index is 650. The number of hydrogen-bond acceptors (Lipinski definition) is 3. The van der Waals surface area contributed by atoms with Crippen molar-refractivity contribution in [1.82, 2.24) is 9.38 Å². The number of pyridine rings is 1. The van der Waals surface area contributed by atoms with Gasteiger partial charge in [-0.1, -0.05) is 0 Å². The molecule has 0 spiro atoms. The van der Waals surface area contributed by atoms with Crippen molar-refractivity contribution in [3.8, 4) is 0 Å². The van der Waals surface area contributed by atoms with Crippen molar-refractivity contribution in [3.05, 3.63) is 30.2 Å². The van der Waals surface area contributed by atoms with E-state index in [0.717, 1.165) is 0 Å². The molecule has 6 heteroatoms. The Kier molecular flexibility index (Phi) is 2.55. The van der Waals surface area contributed by atoms with Crippen molar-refractivity contribution in [2.75, 3.05) is 18.0 Å². The van der Waals surface area contributed by atoms with Crippen molar-refractivity contribution in [3.63, 3.8) is 0 Å². The monoisotopic (exact) mass is 265 g/mol. The molecule has 2 aromatic rings. The van der Waals surface area contributed by atoms with Crippen LogP contribution >= 0.6 is 0 Å². The summed E-state index contributed by atoms with van der Waals surface area (Å²) in [5.41, 5.74) is 1.80. The molecule has 3 rings (SSSR count). The summed E-state index contributed by atoms with van der Waals surface area (Å²) in [6.45, 7) is 1.55. The molecule has 0 saturated carbocycles. The normalized spacial score (nSPS) is 18.2. The number of rotatable bonds is 2. The molecular formula is C13H13F2N3O. The average molecular weight is 265 g/mol. The van der Waals surface area contributed by atoms with Crippen LogP contribution in [0.3, 0.4) is 0 Å². The number of carbonyl (C=O) groups excluding carboxylic acids is 1. The lowest BCUT2D eigenvalue weighted by Crippen LogP contribution is -2.24. The largest absolute Gasteiger partial charge is 0.365 e. The van der Waals surface area contributed by atoms with E-state index >= 15 is 0 Å². The number of nitrogens with zero attached hydrogens (tertiary/aromatic N) is 3. The van der Waals surface area contributed by atoms with Gasteiger partial charge in [0.1, 0.15) is 11.3 Å². The average Bonchev–Trinajstić information content (AvgIpc) is 2.91. The fourth-order valence-corrected chi connectivity index (χ4v) is 2.38. The summed E-state index contributed by atoms with van der Waals surface area (Å²) < 4.78 is 28.1. The predicted molar refractivity (Wildman–Crippen MR) is 67.0 cm³/mol. The number of carbonyl (C=O) groups is 1. The Labute approximate surface area is 108 Å². The second kappa shape index (κ2) is 4.01. The minimum Gasteiger partial charge on any atom is -0.365 e. The summed E-state index contributed by atoms with van der Waals surface area (Å²) in [6, 6.07) is 3.47. The number of imidazole rings is 1. The van der Waals surface area contributed by atoms with E-state index in [9.17, 15) is 13.6 Å². The van der Waals surface area contributed by atoms with Crippen LogP contribution in [0.5, 0.6) is 0 Å². The molecule has 1 aliphatic rings. The SMILES string of the molecule is CC(=O)c1cnc2cc(N3CCC(F)(F)C3)ccn12. The molecule has 3 heterocycles. The highest BCUT2D eigenvalue weighted by Gasteiger charge is 2.38. The zero-order valence-corrected chi connectivity index (χ0v) is 10.4. The first kappa shape index (κ1) is 12.1. The standard InChI is InChI=1S/C13H13F2N3O/c1-9(19)11-7-16-12-6-10(2-4-18(11)12)17-5-3-13(14,15)8-17/h2,4,6-7H,3,5,8H2,1H3. The number of Topliss-reactive ketones (excluding diaryl/α,β-unsaturated/α-hetero) is 1. The van der Waals surface area contributed by atoms with E-state index in [1.54, 1.807) is 27.6 Å². The van der Waals surface area contributed by atoms with Gasteiger partial charge in [-0.05, 0) is 6.07 Å². The van der Waals surface area contributed by atoms with Crippen molar-refractivity contribution < 1.29 is 13.6 Å². The first-order valence-corrected chi connectivity index (χ1v) is 6.07. The zero-order chi connectivity index (χ0) is 13.6. The molecule has 0 unspecified atom stereocenters. The Morgan fingerprint density at radius 2 is 2.26 bits per heavy atom. The number of halogens is 2.